The number of hydrogen-bond donors (Lipinski definition) is 3. The molecule has 0 saturated carbocycles. The number of aromatic nitrogens is 3. The second-order valence-electron chi connectivity index (χ2n) is 10.2. The van der Waals surface area contributed by atoms with Crippen molar-refractivity contribution in [3.63, 3.8) is 0 Å². The summed E-state index contributed by atoms with van der Waals surface area (Å²) < 4.78 is 5.39. The lowest BCUT2D eigenvalue weighted by Crippen LogP contribution is -2.35. The van der Waals surface area contributed by atoms with E-state index in [2.05, 4.69) is 52.2 Å². The zero-order valence-corrected chi connectivity index (χ0v) is 25.5. The number of nitrogens with zero attached hydrogens (tertiary/aromatic N) is 4. The number of hydrogen-bond acceptors (Lipinski definition) is 9. The van der Waals surface area contributed by atoms with E-state index < -0.39 is 0 Å². The molecule has 10 nitrogen and oxygen atoms in total. The van der Waals surface area contributed by atoms with Crippen molar-refractivity contribution in [1.29, 1.82) is 0 Å². The van der Waals surface area contributed by atoms with E-state index in [1.807, 2.05) is 36.7 Å². The molecule has 4 N–H and O–H groups in total. The Morgan fingerprint density at radius 3 is 2.69 bits per heavy atom. The zero-order chi connectivity index (χ0) is 30.1. The second kappa shape index (κ2) is 14.6. The number of aryl methyl sites for hydroxylation is 1. The van der Waals surface area contributed by atoms with Crippen LogP contribution in [0.15, 0.2) is 41.9 Å². The summed E-state index contributed by atoms with van der Waals surface area (Å²) in [6.45, 7) is 8.74. The van der Waals surface area contributed by atoms with Crippen LogP contribution in [0.4, 0.5) is 17.5 Å². The van der Waals surface area contributed by atoms with Gasteiger partial charge >= 0.3 is 0 Å². The molecule has 1 atom stereocenters. The van der Waals surface area contributed by atoms with Crippen LogP contribution in [0, 0.1) is 6.92 Å². The van der Waals surface area contributed by atoms with Crippen LogP contribution in [0.5, 0.6) is 5.75 Å². The van der Waals surface area contributed by atoms with Crippen molar-refractivity contribution >= 4 is 51.5 Å². The average molecular weight is 590 g/mol. The molecule has 0 bridgehead atoms. The maximum Gasteiger partial charge on any atom is 0.251 e. The van der Waals surface area contributed by atoms with Gasteiger partial charge in [-0.25, -0.2) is 4.98 Å². The Bertz CT molecular complexity index is 1520. The number of nitrogens with one attached hydrogen (secondary N) is 2. The first kappa shape index (κ1) is 30.7. The molecule has 1 unspecified atom stereocenters. The predicted octanol–water partition coefficient (Wildman–Crippen LogP) is 5.68. The van der Waals surface area contributed by atoms with Crippen LogP contribution in [-0.2, 0) is 11.3 Å². The number of carbonyl (C=O) groups is 2. The van der Waals surface area contributed by atoms with Gasteiger partial charge in [0.05, 0.1) is 12.6 Å². The number of carbonyl (C=O) groups excluding carboxylic acids is 2. The highest BCUT2D eigenvalue weighted by molar-refractivity contribution is 7.16. The lowest BCUT2D eigenvalue weighted by atomic mass is 9.89. The molecule has 2 aromatic carbocycles. The van der Waals surface area contributed by atoms with Gasteiger partial charge in [-0.2, -0.15) is 9.97 Å². The molecular formula is C31H39N7O3S. The Morgan fingerprint density at radius 1 is 1.19 bits per heavy atom. The summed E-state index contributed by atoms with van der Waals surface area (Å²) in [5.41, 5.74) is 11.9. The number of amides is 2. The van der Waals surface area contributed by atoms with Gasteiger partial charge in [-0.3, -0.25) is 9.59 Å². The van der Waals surface area contributed by atoms with Crippen LogP contribution in [0.2, 0.25) is 0 Å². The molecule has 2 amide bonds. The summed E-state index contributed by atoms with van der Waals surface area (Å²) in [7, 11) is 1.68. The van der Waals surface area contributed by atoms with Gasteiger partial charge in [-0.1, -0.05) is 38.8 Å². The van der Waals surface area contributed by atoms with E-state index in [0.717, 1.165) is 70.4 Å². The predicted molar refractivity (Wildman–Crippen MR) is 169 cm³/mol. The van der Waals surface area contributed by atoms with E-state index in [1.54, 1.807) is 7.11 Å². The smallest absolute Gasteiger partial charge is 0.251 e. The number of methoxy groups -OCH3 is 1. The fourth-order valence-corrected chi connectivity index (χ4v) is 5.66. The first-order valence-corrected chi connectivity index (χ1v) is 15.1. The highest BCUT2D eigenvalue weighted by Gasteiger charge is 2.27. The number of fused-ring (bicyclic) bond motifs is 2. The van der Waals surface area contributed by atoms with E-state index in [1.165, 1.54) is 29.7 Å². The normalized spacial score (nSPS) is 15.5. The molecule has 2 aromatic heterocycles. The van der Waals surface area contributed by atoms with E-state index in [9.17, 15) is 4.79 Å². The zero-order valence-electron chi connectivity index (χ0n) is 24.6. The number of benzene rings is 2. The number of rotatable bonds is 6. The summed E-state index contributed by atoms with van der Waals surface area (Å²) in [6, 6.07) is 12.2. The van der Waals surface area contributed by atoms with E-state index in [4.69, 9.17) is 19.5 Å². The quantitative estimate of drug-likeness (QED) is 0.244. The van der Waals surface area contributed by atoms with Gasteiger partial charge in [0, 0.05) is 36.8 Å². The number of primary amides is 1. The van der Waals surface area contributed by atoms with Crippen molar-refractivity contribution in [3.8, 4) is 5.75 Å². The summed E-state index contributed by atoms with van der Waals surface area (Å²) in [5, 5.41) is 6.36. The van der Waals surface area contributed by atoms with E-state index in [-0.39, 0.29) is 12.3 Å². The van der Waals surface area contributed by atoms with Crippen LogP contribution in [-0.4, -0.2) is 47.5 Å². The number of ether oxygens (including phenoxy) is 1. The summed E-state index contributed by atoms with van der Waals surface area (Å²) in [4.78, 5) is 38.0. The Morgan fingerprint density at radius 2 is 1.98 bits per heavy atom. The van der Waals surface area contributed by atoms with E-state index in [0.29, 0.717) is 18.3 Å². The lowest BCUT2D eigenvalue weighted by molar-refractivity contribution is -0.106. The third kappa shape index (κ3) is 7.14. The highest BCUT2D eigenvalue weighted by Crippen LogP contribution is 2.34. The third-order valence-corrected chi connectivity index (χ3v) is 8.05. The fraction of sp³-hybridized carbons (Fsp3) is 0.387. The molecule has 4 heterocycles. The van der Waals surface area contributed by atoms with Crippen LogP contribution >= 0.6 is 11.3 Å². The Labute approximate surface area is 250 Å². The van der Waals surface area contributed by atoms with Crippen molar-refractivity contribution in [1.82, 2.24) is 20.3 Å². The molecule has 0 spiro atoms. The molecule has 0 aliphatic carbocycles. The topological polar surface area (TPSA) is 135 Å². The molecule has 2 aliphatic heterocycles. The molecular weight excluding hydrogens is 550 g/mol. The van der Waals surface area contributed by atoms with Gasteiger partial charge in [0.2, 0.25) is 12.4 Å². The average Bonchev–Trinajstić information content (AvgIpc) is 3.64. The molecule has 42 heavy (non-hydrogen) atoms. The number of piperidine rings is 1. The summed E-state index contributed by atoms with van der Waals surface area (Å²) in [5.74, 6) is 2.67. The molecule has 2 aliphatic rings. The minimum Gasteiger partial charge on any atom is -0.496 e. The van der Waals surface area contributed by atoms with Crippen molar-refractivity contribution < 1.29 is 14.3 Å². The van der Waals surface area contributed by atoms with Gasteiger partial charge in [0.1, 0.15) is 11.3 Å². The van der Waals surface area contributed by atoms with Gasteiger partial charge in [0.15, 0.2) is 10.6 Å². The molecule has 1 saturated heterocycles. The number of anilines is 3. The molecule has 6 rings (SSSR count). The van der Waals surface area contributed by atoms with Crippen molar-refractivity contribution in [2.75, 3.05) is 30.4 Å². The Kier molecular flexibility index (Phi) is 10.7. The number of unbranched alkanes of at least 4 members (excludes halogenated alkanes) is 1. The highest BCUT2D eigenvalue weighted by atomic mass is 32.1. The van der Waals surface area contributed by atoms with Gasteiger partial charge < -0.3 is 26.0 Å². The molecule has 1 fully saturated rings. The monoisotopic (exact) mass is 589 g/mol. The Balaban J connectivity index is 0.000000526. The van der Waals surface area contributed by atoms with Crippen LogP contribution < -0.4 is 26.0 Å². The van der Waals surface area contributed by atoms with Crippen LogP contribution in [0.3, 0.4) is 0 Å². The minimum absolute atomic E-state index is 0.0233. The third-order valence-electron chi connectivity index (χ3n) is 7.33. The number of nitrogens with two attached hydrogens (primary N) is 1. The first-order valence-electron chi connectivity index (χ1n) is 14.3. The SMILES string of the molecule is CCCC.COc1ccc(Nc2nc(N3CCCC(c4ccc5c(c4)CNC5=O)C3)nc3scnc23)cc1C.NC=O. The fourth-order valence-electron chi connectivity index (χ4n) is 5.01. The molecule has 222 valence electrons. The lowest BCUT2D eigenvalue weighted by Gasteiger charge is -2.33. The number of thiazole rings is 1. The second-order valence-corrected chi connectivity index (χ2v) is 11.0. The largest absolute Gasteiger partial charge is 0.496 e. The standard InChI is InChI=1S/C26H26N6O2S.C4H10.CH3NO/c1-15-10-19(6-8-21(15)34-2)29-23-22-25(35-14-28-22)31-26(30-23)32-9-3-4-17(13-32)16-5-7-20-18(11-16)12-27-24(20)33;1-3-4-2;2-1-3/h5-8,10-11,14,17H,3-4,9,12-13H2,1-2H3,(H,27,33)(H,29,30,31);3-4H2,1-2H3;1H,(H2,2,3). The Hall–Kier alpha value is -4.25. The molecule has 0 radical (unpaired) electrons. The van der Waals surface area contributed by atoms with Gasteiger partial charge in [-0.05, 0) is 60.7 Å². The maximum atomic E-state index is 11.9. The minimum atomic E-state index is 0.0233. The van der Waals surface area contributed by atoms with Gasteiger partial charge in [0.25, 0.3) is 5.91 Å². The van der Waals surface area contributed by atoms with Crippen molar-refractivity contribution in [3.05, 3.63) is 64.2 Å². The summed E-state index contributed by atoms with van der Waals surface area (Å²) in [6.07, 6.45) is 5.05. The summed E-state index contributed by atoms with van der Waals surface area (Å²) >= 11 is 1.52. The molecule has 4 aromatic rings. The first-order chi connectivity index (χ1) is 20.4. The van der Waals surface area contributed by atoms with Gasteiger partial charge in [-0.15, -0.1) is 11.3 Å². The van der Waals surface area contributed by atoms with Crippen molar-refractivity contribution in [2.24, 2.45) is 5.73 Å². The van der Waals surface area contributed by atoms with Crippen molar-refractivity contribution in [2.45, 2.75) is 58.9 Å². The van der Waals surface area contributed by atoms with Crippen LogP contribution in [0.25, 0.3) is 10.3 Å². The van der Waals surface area contributed by atoms with E-state index >= 15 is 0 Å². The van der Waals surface area contributed by atoms with Crippen LogP contribution in [0.1, 0.15) is 72.5 Å². The maximum absolute atomic E-state index is 11.9. The molecule has 11 heteroatoms.